The Labute approximate surface area is 143 Å². The van der Waals surface area contributed by atoms with Gasteiger partial charge in [0.25, 0.3) is 0 Å². The van der Waals surface area contributed by atoms with Crippen molar-refractivity contribution >= 4 is 34.5 Å². The number of rotatable bonds is 9. The standard InChI is InChI=1S/C15H20INO5/c1-20-7-8-22-10-14(18)17-13(15(19)21-2)9-11-5-3-4-6-12(11)16/h3-6,13H,7-10H2,1-2H3,(H,17,18)/t13-/m0/s1. The minimum absolute atomic E-state index is 0.122. The maximum atomic E-state index is 11.8. The molecule has 0 heterocycles. The van der Waals surface area contributed by atoms with Crippen molar-refractivity contribution in [3.63, 3.8) is 0 Å². The topological polar surface area (TPSA) is 73.9 Å². The molecule has 0 radical (unpaired) electrons. The first kappa shape index (κ1) is 18.9. The molecule has 0 aromatic heterocycles. The second-order valence-corrected chi connectivity index (χ2v) is 5.65. The van der Waals surface area contributed by atoms with Crippen molar-refractivity contribution in [1.29, 1.82) is 0 Å². The van der Waals surface area contributed by atoms with Gasteiger partial charge in [-0.1, -0.05) is 18.2 Å². The van der Waals surface area contributed by atoms with Crippen LogP contribution in [0.15, 0.2) is 24.3 Å². The largest absolute Gasteiger partial charge is 0.467 e. The van der Waals surface area contributed by atoms with Crippen molar-refractivity contribution in [3.05, 3.63) is 33.4 Å². The van der Waals surface area contributed by atoms with E-state index in [0.717, 1.165) is 9.13 Å². The minimum Gasteiger partial charge on any atom is -0.467 e. The molecule has 7 heteroatoms. The Balaban J connectivity index is 2.60. The second-order valence-electron chi connectivity index (χ2n) is 4.48. The molecule has 22 heavy (non-hydrogen) atoms. The van der Waals surface area contributed by atoms with Gasteiger partial charge in [0.2, 0.25) is 5.91 Å². The van der Waals surface area contributed by atoms with E-state index in [9.17, 15) is 9.59 Å². The Morgan fingerprint density at radius 1 is 1.23 bits per heavy atom. The van der Waals surface area contributed by atoms with Crippen molar-refractivity contribution < 1.29 is 23.8 Å². The number of nitrogens with one attached hydrogen (secondary N) is 1. The molecule has 1 atom stereocenters. The van der Waals surface area contributed by atoms with E-state index in [2.05, 4.69) is 27.9 Å². The van der Waals surface area contributed by atoms with Crippen molar-refractivity contribution in [2.24, 2.45) is 0 Å². The molecule has 0 bridgehead atoms. The summed E-state index contributed by atoms with van der Waals surface area (Å²) in [6.45, 7) is 0.613. The van der Waals surface area contributed by atoms with Crippen molar-refractivity contribution in [2.75, 3.05) is 34.0 Å². The molecule has 0 saturated carbocycles. The van der Waals surface area contributed by atoms with E-state index in [1.807, 2.05) is 24.3 Å². The number of ether oxygens (including phenoxy) is 3. The number of hydrogen-bond acceptors (Lipinski definition) is 5. The third kappa shape index (κ3) is 6.71. The molecule has 0 saturated heterocycles. The molecule has 0 spiro atoms. The summed E-state index contributed by atoms with van der Waals surface area (Å²) in [6, 6.07) is 6.93. The third-order valence-corrected chi connectivity index (χ3v) is 3.92. The second kappa shape index (κ2) is 10.5. The molecule has 0 aliphatic rings. The molecule has 1 amide bonds. The van der Waals surface area contributed by atoms with Gasteiger partial charge in [-0.2, -0.15) is 0 Å². The fourth-order valence-electron chi connectivity index (χ4n) is 1.76. The molecule has 6 nitrogen and oxygen atoms in total. The summed E-state index contributed by atoms with van der Waals surface area (Å²) in [4.78, 5) is 23.7. The summed E-state index contributed by atoms with van der Waals surface area (Å²) in [5, 5.41) is 2.64. The van der Waals surface area contributed by atoms with E-state index in [4.69, 9.17) is 14.2 Å². The number of hydrogen-bond donors (Lipinski definition) is 1. The number of carbonyl (C=O) groups is 2. The Morgan fingerprint density at radius 2 is 1.95 bits per heavy atom. The molecule has 0 unspecified atom stereocenters. The summed E-state index contributed by atoms with van der Waals surface area (Å²) in [6.07, 6.45) is 0.371. The summed E-state index contributed by atoms with van der Waals surface area (Å²) in [5.74, 6) is -0.845. The zero-order chi connectivity index (χ0) is 16.4. The highest BCUT2D eigenvalue weighted by Crippen LogP contribution is 2.14. The Kier molecular flexibility index (Phi) is 9.02. The van der Waals surface area contributed by atoms with Crippen LogP contribution in [0.1, 0.15) is 5.56 Å². The first-order chi connectivity index (χ1) is 10.6. The SMILES string of the molecule is COCCOCC(=O)N[C@@H](Cc1ccccc1I)C(=O)OC. The Morgan fingerprint density at radius 3 is 2.59 bits per heavy atom. The van der Waals surface area contributed by atoms with Gasteiger partial charge >= 0.3 is 5.97 Å². The van der Waals surface area contributed by atoms with Gasteiger partial charge in [0.15, 0.2) is 0 Å². The number of carbonyl (C=O) groups excluding carboxylic acids is 2. The van der Waals surface area contributed by atoms with Crippen molar-refractivity contribution in [1.82, 2.24) is 5.32 Å². The molecule has 1 aromatic carbocycles. The molecular formula is C15H20INO5. The van der Waals surface area contributed by atoms with Crippen LogP contribution >= 0.6 is 22.6 Å². The summed E-state index contributed by atoms with van der Waals surface area (Å²) < 4.78 is 15.7. The fourth-order valence-corrected chi connectivity index (χ4v) is 2.37. The Bertz CT molecular complexity index is 495. The van der Waals surface area contributed by atoms with Crippen LogP contribution in [0, 0.1) is 3.57 Å². The molecular weight excluding hydrogens is 401 g/mol. The summed E-state index contributed by atoms with van der Waals surface area (Å²) >= 11 is 2.19. The molecule has 1 N–H and O–H groups in total. The van der Waals surface area contributed by atoms with Crippen LogP contribution in [0.25, 0.3) is 0 Å². The average Bonchev–Trinajstić information content (AvgIpc) is 2.52. The first-order valence-electron chi connectivity index (χ1n) is 6.75. The van der Waals surface area contributed by atoms with Crippen LogP contribution in [0.3, 0.4) is 0 Å². The first-order valence-corrected chi connectivity index (χ1v) is 7.83. The lowest BCUT2D eigenvalue weighted by Crippen LogP contribution is -2.44. The van der Waals surface area contributed by atoms with Crippen LogP contribution in [-0.4, -0.2) is 52.0 Å². The average molecular weight is 421 g/mol. The van der Waals surface area contributed by atoms with E-state index < -0.39 is 12.0 Å². The normalized spacial score (nSPS) is 11.8. The highest BCUT2D eigenvalue weighted by Gasteiger charge is 2.22. The van der Waals surface area contributed by atoms with Gasteiger partial charge in [-0.15, -0.1) is 0 Å². The molecule has 1 rings (SSSR count). The van der Waals surface area contributed by atoms with Crippen LogP contribution in [0.2, 0.25) is 0 Å². The van der Waals surface area contributed by atoms with Crippen molar-refractivity contribution in [2.45, 2.75) is 12.5 Å². The van der Waals surface area contributed by atoms with Gasteiger partial charge in [-0.05, 0) is 34.2 Å². The minimum atomic E-state index is -0.737. The van der Waals surface area contributed by atoms with Crippen LogP contribution in [0.5, 0.6) is 0 Å². The summed E-state index contributed by atoms with van der Waals surface area (Å²) in [5.41, 5.74) is 0.971. The fraction of sp³-hybridized carbons (Fsp3) is 0.467. The third-order valence-electron chi connectivity index (χ3n) is 2.87. The van der Waals surface area contributed by atoms with Crippen LogP contribution in [-0.2, 0) is 30.2 Å². The predicted molar refractivity (Wildman–Crippen MR) is 89.5 cm³/mol. The maximum absolute atomic E-state index is 11.8. The molecule has 1 aromatic rings. The van der Waals surface area contributed by atoms with Crippen LogP contribution in [0.4, 0.5) is 0 Å². The number of methoxy groups -OCH3 is 2. The molecule has 0 aliphatic carbocycles. The van der Waals surface area contributed by atoms with E-state index >= 15 is 0 Å². The highest BCUT2D eigenvalue weighted by atomic mass is 127. The monoisotopic (exact) mass is 421 g/mol. The van der Waals surface area contributed by atoms with E-state index in [1.165, 1.54) is 7.11 Å². The van der Waals surface area contributed by atoms with E-state index in [1.54, 1.807) is 7.11 Å². The van der Waals surface area contributed by atoms with Crippen LogP contribution < -0.4 is 5.32 Å². The van der Waals surface area contributed by atoms with E-state index in [0.29, 0.717) is 19.6 Å². The smallest absolute Gasteiger partial charge is 0.328 e. The van der Waals surface area contributed by atoms with Gasteiger partial charge < -0.3 is 19.5 Å². The lowest BCUT2D eigenvalue weighted by atomic mass is 10.1. The predicted octanol–water partition coefficient (Wildman–Crippen LogP) is 1.15. The van der Waals surface area contributed by atoms with Gasteiger partial charge in [0, 0.05) is 17.1 Å². The van der Waals surface area contributed by atoms with E-state index in [-0.39, 0.29) is 12.5 Å². The number of benzene rings is 1. The van der Waals surface area contributed by atoms with Gasteiger partial charge in [0.05, 0.1) is 20.3 Å². The van der Waals surface area contributed by atoms with Gasteiger partial charge in [0.1, 0.15) is 12.6 Å². The zero-order valence-electron chi connectivity index (χ0n) is 12.6. The zero-order valence-corrected chi connectivity index (χ0v) is 14.8. The van der Waals surface area contributed by atoms with Crippen molar-refractivity contribution in [3.8, 4) is 0 Å². The van der Waals surface area contributed by atoms with Gasteiger partial charge in [-0.25, -0.2) is 4.79 Å². The lowest BCUT2D eigenvalue weighted by Gasteiger charge is -2.17. The molecule has 0 fully saturated rings. The molecule has 0 aliphatic heterocycles. The molecule has 122 valence electrons. The number of esters is 1. The number of amides is 1. The number of halogens is 1. The lowest BCUT2D eigenvalue weighted by molar-refractivity contribution is -0.145. The van der Waals surface area contributed by atoms with Gasteiger partial charge in [-0.3, -0.25) is 4.79 Å². The maximum Gasteiger partial charge on any atom is 0.328 e. The highest BCUT2D eigenvalue weighted by molar-refractivity contribution is 14.1. The summed E-state index contributed by atoms with van der Waals surface area (Å²) in [7, 11) is 2.85. The quantitative estimate of drug-likeness (QED) is 0.368. The Hall–Kier alpha value is -1.19.